The third-order valence-electron chi connectivity index (χ3n) is 3.77. The van der Waals surface area contributed by atoms with Gasteiger partial charge in [-0.15, -0.1) is 0 Å². The minimum absolute atomic E-state index is 0.195. The van der Waals surface area contributed by atoms with Crippen LogP contribution in [0.2, 0.25) is 0 Å². The molecule has 1 aliphatic rings. The van der Waals surface area contributed by atoms with E-state index in [4.69, 9.17) is 0 Å². The number of benzene rings is 1. The van der Waals surface area contributed by atoms with Crippen molar-refractivity contribution in [2.75, 3.05) is 0 Å². The highest BCUT2D eigenvalue weighted by Gasteiger charge is 2.34. The molecule has 2 rings (SSSR count). The Bertz CT molecular complexity index is 459. The average molecular weight is 212 g/mol. The van der Waals surface area contributed by atoms with Crippen molar-refractivity contribution >= 4 is 5.57 Å². The largest absolute Gasteiger partial charge is 0.0913 e. The first-order chi connectivity index (χ1) is 7.59. The van der Waals surface area contributed by atoms with E-state index in [9.17, 15) is 0 Å². The number of hydrogen-bond acceptors (Lipinski definition) is 0. The van der Waals surface area contributed by atoms with Gasteiger partial charge in [0.05, 0.1) is 0 Å². The zero-order valence-electron chi connectivity index (χ0n) is 10.7. The molecule has 1 aromatic carbocycles. The van der Waals surface area contributed by atoms with Crippen molar-refractivity contribution in [3.63, 3.8) is 0 Å². The summed E-state index contributed by atoms with van der Waals surface area (Å²) in [5, 5.41) is 0. The molecule has 0 aliphatic heterocycles. The Kier molecular flexibility index (Phi) is 2.75. The van der Waals surface area contributed by atoms with Gasteiger partial charge in [-0.25, -0.2) is 0 Å². The first-order valence-corrected chi connectivity index (χ1v) is 6.00. The van der Waals surface area contributed by atoms with Crippen molar-refractivity contribution in [2.45, 2.75) is 39.5 Å². The SMILES string of the molecule is C/C=C\CC1=C(C)c2ccccc2C1(C)C. The lowest BCUT2D eigenvalue weighted by Gasteiger charge is -2.24. The summed E-state index contributed by atoms with van der Waals surface area (Å²) < 4.78 is 0. The maximum atomic E-state index is 2.33. The molecule has 0 aromatic heterocycles. The first-order valence-electron chi connectivity index (χ1n) is 6.00. The van der Waals surface area contributed by atoms with E-state index in [1.807, 2.05) is 0 Å². The minimum atomic E-state index is 0.195. The third-order valence-corrected chi connectivity index (χ3v) is 3.77. The van der Waals surface area contributed by atoms with Gasteiger partial charge in [-0.3, -0.25) is 0 Å². The topological polar surface area (TPSA) is 0 Å². The Hall–Kier alpha value is -1.30. The molecule has 0 heteroatoms. The van der Waals surface area contributed by atoms with Crippen molar-refractivity contribution in [3.05, 3.63) is 53.1 Å². The molecule has 0 nitrogen and oxygen atoms in total. The Balaban J connectivity index is 2.52. The molecular formula is C16H20. The van der Waals surface area contributed by atoms with E-state index in [2.05, 4.69) is 64.1 Å². The van der Waals surface area contributed by atoms with Crippen LogP contribution in [-0.4, -0.2) is 0 Å². The zero-order valence-corrected chi connectivity index (χ0v) is 10.7. The van der Waals surface area contributed by atoms with Gasteiger partial charge in [0, 0.05) is 5.41 Å². The van der Waals surface area contributed by atoms with Crippen molar-refractivity contribution in [1.29, 1.82) is 0 Å². The average Bonchev–Trinajstić information content (AvgIpc) is 2.46. The van der Waals surface area contributed by atoms with Gasteiger partial charge in [-0.05, 0) is 37.0 Å². The molecule has 0 N–H and O–H groups in total. The van der Waals surface area contributed by atoms with Crippen LogP contribution in [0.25, 0.3) is 5.57 Å². The summed E-state index contributed by atoms with van der Waals surface area (Å²) in [5.74, 6) is 0. The van der Waals surface area contributed by atoms with E-state index in [0.29, 0.717) is 0 Å². The van der Waals surface area contributed by atoms with Crippen LogP contribution in [0.15, 0.2) is 42.0 Å². The summed E-state index contributed by atoms with van der Waals surface area (Å²) in [6.07, 6.45) is 5.47. The summed E-state index contributed by atoms with van der Waals surface area (Å²) in [6, 6.07) is 8.79. The van der Waals surface area contributed by atoms with Gasteiger partial charge in [-0.2, -0.15) is 0 Å². The lowest BCUT2D eigenvalue weighted by Crippen LogP contribution is -2.16. The number of hydrogen-bond donors (Lipinski definition) is 0. The van der Waals surface area contributed by atoms with Crippen molar-refractivity contribution in [2.24, 2.45) is 0 Å². The fourth-order valence-electron chi connectivity index (χ4n) is 2.79. The van der Waals surface area contributed by atoms with Crippen LogP contribution >= 0.6 is 0 Å². The molecule has 0 saturated carbocycles. The zero-order chi connectivity index (χ0) is 11.8. The lowest BCUT2D eigenvalue weighted by molar-refractivity contribution is 0.625. The molecular weight excluding hydrogens is 192 g/mol. The van der Waals surface area contributed by atoms with E-state index in [-0.39, 0.29) is 5.41 Å². The Morgan fingerprint density at radius 2 is 1.88 bits per heavy atom. The van der Waals surface area contributed by atoms with E-state index >= 15 is 0 Å². The van der Waals surface area contributed by atoms with Crippen molar-refractivity contribution < 1.29 is 0 Å². The summed E-state index contributed by atoms with van der Waals surface area (Å²) in [7, 11) is 0. The highest BCUT2D eigenvalue weighted by Crippen LogP contribution is 2.47. The fourth-order valence-corrected chi connectivity index (χ4v) is 2.79. The third kappa shape index (κ3) is 1.53. The molecule has 0 unspecified atom stereocenters. The standard InChI is InChI=1S/C16H20/c1-5-6-10-14-12(2)13-9-7-8-11-15(13)16(14,3)4/h5-9,11H,10H2,1-4H3/b6-5-. The van der Waals surface area contributed by atoms with Crippen LogP contribution in [-0.2, 0) is 5.41 Å². The Morgan fingerprint density at radius 3 is 2.50 bits per heavy atom. The number of rotatable bonds is 2. The molecule has 0 radical (unpaired) electrons. The summed E-state index contributed by atoms with van der Waals surface area (Å²) in [6.45, 7) is 9.01. The summed E-state index contributed by atoms with van der Waals surface area (Å²) in [4.78, 5) is 0. The van der Waals surface area contributed by atoms with Crippen LogP contribution in [0.1, 0.15) is 45.2 Å². The smallest absolute Gasteiger partial charge is 0.0120 e. The number of allylic oxidation sites excluding steroid dienone is 4. The highest BCUT2D eigenvalue weighted by molar-refractivity contribution is 5.78. The van der Waals surface area contributed by atoms with Gasteiger partial charge in [0.1, 0.15) is 0 Å². The van der Waals surface area contributed by atoms with Crippen LogP contribution < -0.4 is 0 Å². The van der Waals surface area contributed by atoms with Gasteiger partial charge in [0.25, 0.3) is 0 Å². The normalized spacial score (nSPS) is 18.2. The van der Waals surface area contributed by atoms with E-state index < -0.39 is 0 Å². The molecule has 1 aromatic rings. The fraction of sp³-hybridized carbons (Fsp3) is 0.375. The second kappa shape index (κ2) is 3.93. The number of fused-ring (bicyclic) bond motifs is 1. The monoisotopic (exact) mass is 212 g/mol. The van der Waals surface area contributed by atoms with Crippen LogP contribution in [0.5, 0.6) is 0 Å². The van der Waals surface area contributed by atoms with Crippen molar-refractivity contribution in [3.8, 4) is 0 Å². The molecule has 0 heterocycles. The van der Waals surface area contributed by atoms with E-state index in [1.165, 1.54) is 16.7 Å². The summed E-state index contributed by atoms with van der Waals surface area (Å²) in [5.41, 5.74) is 6.14. The second-order valence-electron chi connectivity index (χ2n) is 5.05. The van der Waals surface area contributed by atoms with E-state index in [1.54, 1.807) is 5.57 Å². The van der Waals surface area contributed by atoms with Gasteiger partial charge in [0.15, 0.2) is 0 Å². The van der Waals surface area contributed by atoms with Crippen LogP contribution in [0, 0.1) is 0 Å². The predicted octanol–water partition coefficient (Wildman–Crippen LogP) is 4.72. The minimum Gasteiger partial charge on any atom is -0.0913 e. The molecule has 0 spiro atoms. The van der Waals surface area contributed by atoms with Gasteiger partial charge >= 0.3 is 0 Å². The lowest BCUT2D eigenvalue weighted by atomic mass is 9.80. The van der Waals surface area contributed by atoms with Crippen LogP contribution in [0.4, 0.5) is 0 Å². The van der Waals surface area contributed by atoms with E-state index in [0.717, 1.165) is 6.42 Å². The second-order valence-corrected chi connectivity index (χ2v) is 5.05. The molecule has 0 atom stereocenters. The molecule has 84 valence electrons. The van der Waals surface area contributed by atoms with Gasteiger partial charge < -0.3 is 0 Å². The predicted molar refractivity (Wildman–Crippen MR) is 71.5 cm³/mol. The molecule has 0 fully saturated rings. The molecule has 16 heavy (non-hydrogen) atoms. The van der Waals surface area contributed by atoms with Crippen molar-refractivity contribution in [1.82, 2.24) is 0 Å². The van der Waals surface area contributed by atoms with Gasteiger partial charge in [0.2, 0.25) is 0 Å². The molecule has 0 bridgehead atoms. The summed E-state index contributed by atoms with van der Waals surface area (Å²) >= 11 is 0. The first kappa shape index (κ1) is 11.2. The Labute approximate surface area is 98.7 Å². The van der Waals surface area contributed by atoms with Crippen LogP contribution in [0.3, 0.4) is 0 Å². The maximum Gasteiger partial charge on any atom is 0.0120 e. The quantitative estimate of drug-likeness (QED) is 0.622. The Morgan fingerprint density at radius 1 is 1.19 bits per heavy atom. The molecule has 0 amide bonds. The molecule has 1 aliphatic carbocycles. The molecule has 0 saturated heterocycles. The highest BCUT2D eigenvalue weighted by atomic mass is 14.4. The maximum absolute atomic E-state index is 2.33. The van der Waals surface area contributed by atoms with Gasteiger partial charge in [-0.1, -0.05) is 55.8 Å².